The van der Waals surface area contributed by atoms with Crippen LogP contribution in [0.4, 0.5) is 5.82 Å². The van der Waals surface area contributed by atoms with Gasteiger partial charge in [-0.2, -0.15) is 0 Å². The molecule has 1 N–H and O–H groups in total. The lowest BCUT2D eigenvalue weighted by Gasteiger charge is -2.11. The van der Waals surface area contributed by atoms with Crippen LogP contribution in [0.15, 0.2) is 28.3 Å². The summed E-state index contributed by atoms with van der Waals surface area (Å²) in [4.78, 5) is 8.63. The number of rotatable bonds is 4. The SMILES string of the molecule is Cc1cc(NCC(C)c2nccs2)ncc1Br. The van der Waals surface area contributed by atoms with E-state index in [9.17, 15) is 0 Å². The molecule has 0 saturated carbocycles. The normalized spacial score (nSPS) is 12.4. The minimum absolute atomic E-state index is 0.403. The van der Waals surface area contributed by atoms with E-state index in [2.05, 4.69) is 45.1 Å². The van der Waals surface area contributed by atoms with Crippen LogP contribution in [-0.2, 0) is 0 Å². The zero-order valence-corrected chi connectivity index (χ0v) is 12.2. The summed E-state index contributed by atoms with van der Waals surface area (Å²) in [7, 11) is 0. The number of nitrogens with zero attached hydrogens (tertiary/aromatic N) is 2. The van der Waals surface area contributed by atoms with Crippen LogP contribution in [-0.4, -0.2) is 16.5 Å². The van der Waals surface area contributed by atoms with Crippen molar-refractivity contribution in [2.45, 2.75) is 19.8 Å². The topological polar surface area (TPSA) is 37.8 Å². The maximum atomic E-state index is 4.32. The third-order valence-corrected chi connectivity index (χ3v) is 4.35. The Labute approximate surface area is 113 Å². The lowest BCUT2D eigenvalue weighted by Crippen LogP contribution is -2.10. The molecular formula is C12H14BrN3S. The molecule has 0 aliphatic carbocycles. The first-order chi connectivity index (χ1) is 8.16. The van der Waals surface area contributed by atoms with Gasteiger partial charge < -0.3 is 5.32 Å². The molecule has 0 aromatic carbocycles. The highest BCUT2D eigenvalue weighted by Crippen LogP contribution is 2.20. The van der Waals surface area contributed by atoms with E-state index in [-0.39, 0.29) is 0 Å². The van der Waals surface area contributed by atoms with Crippen molar-refractivity contribution < 1.29 is 0 Å². The lowest BCUT2D eigenvalue weighted by molar-refractivity contribution is 0.791. The van der Waals surface area contributed by atoms with Gasteiger partial charge in [-0.1, -0.05) is 6.92 Å². The quantitative estimate of drug-likeness (QED) is 0.932. The summed E-state index contributed by atoms with van der Waals surface area (Å²) < 4.78 is 1.04. The molecule has 0 bridgehead atoms. The molecule has 5 heteroatoms. The van der Waals surface area contributed by atoms with Gasteiger partial charge in [0.25, 0.3) is 0 Å². The Kier molecular flexibility index (Phi) is 4.12. The predicted molar refractivity (Wildman–Crippen MR) is 75.7 cm³/mol. The van der Waals surface area contributed by atoms with Gasteiger partial charge in [-0.05, 0) is 34.5 Å². The Morgan fingerprint density at radius 3 is 2.94 bits per heavy atom. The van der Waals surface area contributed by atoms with Gasteiger partial charge in [0, 0.05) is 34.7 Å². The molecule has 0 aliphatic rings. The molecule has 17 heavy (non-hydrogen) atoms. The lowest BCUT2D eigenvalue weighted by atomic mass is 10.2. The minimum Gasteiger partial charge on any atom is -0.369 e. The Morgan fingerprint density at radius 1 is 1.47 bits per heavy atom. The summed E-state index contributed by atoms with van der Waals surface area (Å²) in [6.07, 6.45) is 3.67. The molecule has 0 amide bonds. The average molecular weight is 312 g/mol. The van der Waals surface area contributed by atoms with Crippen molar-refractivity contribution >= 4 is 33.1 Å². The van der Waals surface area contributed by atoms with Crippen LogP contribution in [0, 0.1) is 6.92 Å². The van der Waals surface area contributed by atoms with Crippen molar-refractivity contribution in [2.75, 3.05) is 11.9 Å². The highest BCUT2D eigenvalue weighted by molar-refractivity contribution is 9.10. The molecule has 0 saturated heterocycles. The number of aryl methyl sites for hydroxylation is 1. The predicted octanol–water partition coefficient (Wildman–Crippen LogP) is 3.82. The van der Waals surface area contributed by atoms with E-state index in [1.54, 1.807) is 11.3 Å². The fourth-order valence-electron chi connectivity index (χ4n) is 1.46. The van der Waals surface area contributed by atoms with E-state index in [4.69, 9.17) is 0 Å². The summed E-state index contributed by atoms with van der Waals surface area (Å²) in [5, 5.41) is 6.50. The Hall–Kier alpha value is -0.940. The standard InChI is InChI=1S/C12H14BrN3S/c1-8-5-11(16-7-10(8)13)15-6-9(2)12-14-3-4-17-12/h3-5,7,9H,6H2,1-2H3,(H,15,16). The summed E-state index contributed by atoms with van der Waals surface area (Å²) in [6, 6.07) is 2.04. The Balaban J connectivity index is 1.96. The van der Waals surface area contributed by atoms with Gasteiger partial charge in [0.15, 0.2) is 0 Å². The third-order valence-electron chi connectivity index (χ3n) is 2.51. The summed E-state index contributed by atoms with van der Waals surface area (Å²) in [5.74, 6) is 1.31. The smallest absolute Gasteiger partial charge is 0.126 e. The Bertz CT molecular complexity index is 485. The Morgan fingerprint density at radius 2 is 2.29 bits per heavy atom. The van der Waals surface area contributed by atoms with Gasteiger partial charge in [0.2, 0.25) is 0 Å². The summed E-state index contributed by atoms with van der Waals surface area (Å²) >= 11 is 5.14. The molecule has 90 valence electrons. The van der Waals surface area contributed by atoms with E-state index in [0.717, 1.165) is 21.8 Å². The first-order valence-corrected chi connectivity index (χ1v) is 7.09. The number of hydrogen-bond donors (Lipinski definition) is 1. The van der Waals surface area contributed by atoms with Gasteiger partial charge in [-0.25, -0.2) is 9.97 Å². The molecule has 2 rings (SSSR count). The number of pyridine rings is 1. The van der Waals surface area contributed by atoms with E-state index in [0.29, 0.717) is 5.92 Å². The molecule has 0 aliphatic heterocycles. The highest BCUT2D eigenvalue weighted by Gasteiger charge is 2.08. The second-order valence-electron chi connectivity index (χ2n) is 3.97. The van der Waals surface area contributed by atoms with E-state index < -0.39 is 0 Å². The number of anilines is 1. The number of halogens is 1. The zero-order valence-electron chi connectivity index (χ0n) is 9.77. The molecule has 1 unspecified atom stereocenters. The van der Waals surface area contributed by atoms with Crippen LogP contribution in [0.2, 0.25) is 0 Å². The largest absolute Gasteiger partial charge is 0.369 e. The van der Waals surface area contributed by atoms with E-state index in [1.807, 2.05) is 23.8 Å². The van der Waals surface area contributed by atoms with Crippen molar-refractivity contribution in [1.29, 1.82) is 0 Å². The number of thiazole rings is 1. The first kappa shape index (κ1) is 12.5. The molecule has 2 aromatic rings. The van der Waals surface area contributed by atoms with E-state index in [1.165, 1.54) is 5.56 Å². The van der Waals surface area contributed by atoms with Gasteiger partial charge in [0.1, 0.15) is 5.82 Å². The van der Waals surface area contributed by atoms with Crippen LogP contribution < -0.4 is 5.32 Å². The summed E-state index contributed by atoms with van der Waals surface area (Å²) in [6.45, 7) is 5.07. The van der Waals surface area contributed by atoms with Crippen molar-refractivity contribution in [3.63, 3.8) is 0 Å². The fourth-order valence-corrected chi connectivity index (χ4v) is 2.37. The monoisotopic (exact) mass is 311 g/mol. The van der Waals surface area contributed by atoms with Crippen molar-refractivity contribution in [1.82, 2.24) is 9.97 Å². The number of nitrogens with one attached hydrogen (secondary N) is 1. The molecule has 0 radical (unpaired) electrons. The van der Waals surface area contributed by atoms with Gasteiger partial charge >= 0.3 is 0 Å². The first-order valence-electron chi connectivity index (χ1n) is 5.42. The van der Waals surface area contributed by atoms with Crippen molar-refractivity contribution in [3.05, 3.63) is 38.9 Å². The maximum absolute atomic E-state index is 4.32. The minimum atomic E-state index is 0.403. The van der Waals surface area contributed by atoms with Crippen LogP contribution in [0.1, 0.15) is 23.4 Å². The zero-order chi connectivity index (χ0) is 12.3. The number of hydrogen-bond acceptors (Lipinski definition) is 4. The van der Waals surface area contributed by atoms with Crippen LogP contribution in [0.3, 0.4) is 0 Å². The second kappa shape index (κ2) is 5.60. The molecule has 0 fully saturated rings. The van der Waals surface area contributed by atoms with Gasteiger partial charge in [-0.3, -0.25) is 0 Å². The molecular weight excluding hydrogens is 298 g/mol. The second-order valence-corrected chi connectivity index (χ2v) is 5.75. The third kappa shape index (κ3) is 3.26. The van der Waals surface area contributed by atoms with Crippen LogP contribution in [0.5, 0.6) is 0 Å². The highest BCUT2D eigenvalue weighted by atomic mass is 79.9. The van der Waals surface area contributed by atoms with Crippen LogP contribution >= 0.6 is 27.3 Å². The van der Waals surface area contributed by atoms with Gasteiger partial charge in [0.05, 0.1) is 5.01 Å². The van der Waals surface area contributed by atoms with Crippen molar-refractivity contribution in [2.24, 2.45) is 0 Å². The van der Waals surface area contributed by atoms with E-state index >= 15 is 0 Å². The van der Waals surface area contributed by atoms with Gasteiger partial charge in [-0.15, -0.1) is 11.3 Å². The molecule has 0 spiro atoms. The fraction of sp³-hybridized carbons (Fsp3) is 0.333. The average Bonchev–Trinajstić information content (AvgIpc) is 2.84. The molecule has 2 aromatic heterocycles. The summed E-state index contributed by atoms with van der Waals surface area (Å²) in [5.41, 5.74) is 1.18. The van der Waals surface area contributed by atoms with Crippen molar-refractivity contribution in [3.8, 4) is 0 Å². The molecule has 2 heterocycles. The maximum Gasteiger partial charge on any atom is 0.126 e. The number of aromatic nitrogens is 2. The van der Waals surface area contributed by atoms with Crippen LogP contribution in [0.25, 0.3) is 0 Å². The molecule has 3 nitrogen and oxygen atoms in total. The molecule has 1 atom stereocenters.